The normalized spacial score (nSPS) is 12.1. The molecule has 12 heavy (non-hydrogen) atoms. The maximum atomic E-state index is 10.4. The molecule has 2 N–H and O–H groups in total. The zero-order valence-corrected chi connectivity index (χ0v) is 8.29. The van der Waals surface area contributed by atoms with Gasteiger partial charge in [0, 0.05) is 0 Å². The molecule has 1 atom stereocenters. The molecule has 0 aliphatic rings. The highest BCUT2D eigenvalue weighted by Gasteiger charge is 2.22. The van der Waals surface area contributed by atoms with Crippen molar-refractivity contribution in [2.45, 2.75) is 11.7 Å². The molecule has 0 radical (unpaired) electrons. The van der Waals surface area contributed by atoms with Crippen LogP contribution in [0.4, 0.5) is 0 Å². The molecular weight excluding hydrogens is 220 g/mol. The van der Waals surface area contributed by atoms with E-state index < -0.39 is 23.6 Å². The molecule has 0 aromatic rings. The minimum atomic E-state index is -1.20. The summed E-state index contributed by atoms with van der Waals surface area (Å²) >= 11 is 8.96. The smallest absolute Gasteiger partial charge is 0.317 e. The van der Waals surface area contributed by atoms with Gasteiger partial charge in [0.1, 0.15) is 8.78 Å². The molecule has 0 fully saturated rings. The van der Waals surface area contributed by atoms with Gasteiger partial charge in [-0.05, 0) is 0 Å². The SMILES string of the molecule is O=C(O)CC(SC(=S)S)C(=O)O. The minimum Gasteiger partial charge on any atom is -0.481 e. The van der Waals surface area contributed by atoms with Crippen LogP contribution in [0.5, 0.6) is 0 Å². The molecule has 0 bridgehead atoms. The lowest BCUT2D eigenvalue weighted by atomic mass is 10.3. The summed E-state index contributed by atoms with van der Waals surface area (Å²) in [6, 6.07) is 0. The van der Waals surface area contributed by atoms with Gasteiger partial charge < -0.3 is 10.2 Å². The van der Waals surface area contributed by atoms with Gasteiger partial charge in [-0.1, -0.05) is 24.0 Å². The van der Waals surface area contributed by atoms with E-state index >= 15 is 0 Å². The summed E-state index contributed by atoms with van der Waals surface area (Å²) in [4.78, 5) is 20.5. The summed E-state index contributed by atoms with van der Waals surface area (Å²) < 4.78 is 0.128. The van der Waals surface area contributed by atoms with E-state index in [4.69, 9.17) is 10.2 Å². The minimum absolute atomic E-state index is 0.128. The topological polar surface area (TPSA) is 74.6 Å². The first-order valence-corrected chi connectivity index (χ1v) is 4.51. The van der Waals surface area contributed by atoms with Crippen LogP contribution in [-0.2, 0) is 9.59 Å². The molecule has 0 saturated carbocycles. The van der Waals surface area contributed by atoms with Gasteiger partial charge in [-0.3, -0.25) is 9.59 Å². The van der Waals surface area contributed by atoms with Gasteiger partial charge in [0.05, 0.1) is 6.42 Å². The Kier molecular flexibility index (Phi) is 5.27. The second-order valence-corrected chi connectivity index (χ2v) is 4.74. The van der Waals surface area contributed by atoms with Crippen molar-refractivity contribution < 1.29 is 19.8 Å². The lowest BCUT2D eigenvalue weighted by molar-refractivity contribution is -0.142. The van der Waals surface area contributed by atoms with Gasteiger partial charge in [0.25, 0.3) is 0 Å². The number of thiocarbonyl (C=S) groups is 1. The average molecular weight is 226 g/mol. The number of thioether (sulfide) groups is 1. The molecule has 0 aromatic heterocycles. The molecule has 0 aliphatic heterocycles. The van der Waals surface area contributed by atoms with E-state index in [9.17, 15) is 9.59 Å². The first kappa shape index (κ1) is 11.7. The van der Waals surface area contributed by atoms with Crippen molar-refractivity contribution in [3.8, 4) is 0 Å². The third kappa shape index (κ3) is 5.39. The number of carbonyl (C=O) groups is 2. The lowest BCUT2D eigenvalue weighted by Gasteiger charge is -2.06. The third-order valence-electron chi connectivity index (χ3n) is 0.879. The summed E-state index contributed by atoms with van der Waals surface area (Å²) in [5, 5.41) is 15.7. The molecule has 1 unspecified atom stereocenters. The van der Waals surface area contributed by atoms with Gasteiger partial charge in [-0.25, -0.2) is 0 Å². The quantitative estimate of drug-likeness (QED) is 0.488. The van der Waals surface area contributed by atoms with Gasteiger partial charge in [-0.15, -0.1) is 12.6 Å². The zero-order chi connectivity index (χ0) is 9.72. The van der Waals surface area contributed by atoms with Crippen LogP contribution in [0.1, 0.15) is 6.42 Å². The van der Waals surface area contributed by atoms with Crippen molar-refractivity contribution >= 4 is 52.1 Å². The molecule has 7 heteroatoms. The Hall–Kier alpha value is -0.270. The molecule has 0 rings (SSSR count). The van der Waals surface area contributed by atoms with E-state index in [-0.39, 0.29) is 3.53 Å². The van der Waals surface area contributed by atoms with Crippen LogP contribution in [0.15, 0.2) is 0 Å². The van der Waals surface area contributed by atoms with Gasteiger partial charge in [0.15, 0.2) is 0 Å². The van der Waals surface area contributed by atoms with Gasteiger partial charge in [0.2, 0.25) is 0 Å². The van der Waals surface area contributed by atoms with E-state index in [2.05, 4.69) is 24.8 Å². The maximum absolute atomic E-state index is 10.4. The summed E-state index contributed by atoms with van der Waals surface area (Å²) in [5.74, 6) is -2.36. The number of rotatable bonds is 4. The first-order valence-electron chi connectivity index (χ1n) is 2.77. The van der Waals surface area contributed by atoms with Crippen molar-refractivity contribution in [2.75, 3.05) is 0 Å². The number of carboxylic acids is 2. The Bertz CT molecular complexity index is 199. The number of hydrogen-bond donors (Lipinski definition) is 3. The predicted octanol–water partition coefficient (Wildman–Crippen LogP) is 0.862. The molecule has 0 spiro atoms. The lowest BCUT2D eigenvalue weighted by Crippen LogP contribution is -2.20. The van der Waals surface area contributed by atoms with Crippen molar-refractivity contribution in [3.05, 3.63) is 0 Å². The summed E-state index contributed by atoms with van der Waals surface area (Å²) in [6.45, 7) is 0. The number of aliphatic carboxylic acids is 2. The van der Waals surface area contributed by atoms with E-state index in [1.165, 1.54) is 0 Å². The average Bonchev–Trinajstić information content (AvgIpc) is 1.83. The summed E-state index contributed by atoms with van der Waals surface area (Å²) in [5.41, 5.74) is 0. The standard InChI is InChI=1S/C5H6O4S3/c6-3(7)1-2(4(8)9)12-5(10)11/h2H,1H2,(H,6,7)(H,8,9)(H,10,11). The van der Waals surface area contributed by atoms with Gasteiger partial charge >= 0.3 is 11.9 Å². The van der Waals surface area contributed by atoms with E-state index in [1.54, 1.807) is 0 Å². The van der Waals surface area contributed by atoms with Crippen LogP contribution < -0.4 is 0 Å². The molecule has 4 nitrogen and oxygen atoms in total. The van der Waals surface area contributed by atoms with Crippen molar-refractivity contribution in [3.63, 3.8) is 0 Å². The Balaban J connectivity index is 4.14. The van der Waals surface area contributed by atoms with E-state index in [0.717, 1.165) is 11.8 Å². The molecule has 0 amide bonds. The van der Waals surface area contributed by atoms with Crippen molar-refractivity contribution in [1.82, 2.24) is 0 Å². The van der Waals surface area contributed by atoms with Crippen LogP contribution >= 0.6 is 36.6 Å². The molecular formula is C5H6O4S3. The fraction of sp³-hybridized carbons (Fsp3) is 0.400. The summed E-state index contributed by atoms with van der Waals surface area (Å²) in [7, 11) is 0. The fourth-order valence-corrected chi connectivity index (χ4v) is 1.76. The van der Waals surface area contributed by atoms with Crippen LogP contribution in [0.3, 0.4) is 0 Å². The highest BCUT2D eigenvalue weighted by Crippen LogP contribution is 2.18. The van der Waals surface area contributed by atoms with E-state index in [1.807, 2.05) is 0 Å². The Labute approximate surface area is 83.7 Å². The van der Waals surface area contributed by atoms with E-state index in [0.29, 0.717) is 0 Å². The number of carboxylic acid groups (broad SMARTS) is 2. The van der Waals surface area contributed by atoms with Crippen molar-refractivity contribution in [1.29, 1.82) is 0 Å². The monoisotopic (exact) mass is 226 g/mol. The Morgan fingerprint density at radius 2 is 2.00 bits per heavy atom. The summed E-state index contributed by atoms with van der Waals surface area (Å²) in [6.07, 6.45) is -0.458. The van der Waals surface area contributed by atoms with Crippen LogP contribution in [0, 0.1) is 0 Å². The fourth-order valence-electron chi connectivity index (χ4n) is 0.460. The molecule has 0 saturated heterocycles. The highest BCUT2D eigenvalue weighted by molar-refractivity contribution is 8.42. The Morgan fingerprint density at radius 1 is 1.50 bits per heavy atom. The number of thiol groups is 1. The molecule has 0 heterocycles. The largest absolute Gasteiger partial charge is 0.481 e. The molecule has 0 aromatic carbocycles. The highest BCUT2D eigenvalue weighted by atomic mass is 32.2. The molecule has 0 aliphatic carbocycles. The first-order chi connectivity index (χ1) is 5.43. The second kappa shape index (κ2) is 5.39. The Morgan fingerprint density at radius 3 is 2.25 bits per heavy atom. The second-order valence-electron chi connectivity index (χ2n) is 1.81. The van der Waals surface area contributed by atoms with Crippen LogP contribution in [-0.4, -0.2) is 30.9 Å². The maximum Gasteiger partial charge on any atom is 0.317 e. The third-order valence-corrected chi connectivity index (χ3v) is 2.34. The van der Waals surface area contributed by atoms with Crippen molar-refractivity contribution in [2.24, 2.45) is 0 Å². The van der Waals surface area contributed by atoms with Crippen LogP contribution in [0.25, 0.3) is 0 Å². The van der Waals surface area contributed by atoms with Gasteiger partial charge in [-0.2, -0.15) is 0 Å². The van der Waals surface area contributed by atoms with Crippen LogP contribution in [0.2, 0.25) is 0 Å². The zero-order valence-electron chi connectivity index (χ0n) is 5.76. The molecule has 68 valence electrons. The predicted molar refractivity (Wildman–Crippen MR) is 52.9 cm³/mol. The number of hydrogen-bond acceptors (Lipinski definition) is 4.